The van der Waals surface area contributed by atoms with Gasteiger partial charge in [0, 0.05) is 31.7 Å². The Morgan fingerprint density at radius 1 is 0.672 bits per heavy atom. The van der Waals surface area contributed by atoms with Gasteiger partial charge in [-0.2, -0.15) is 0 Å². The topological polar surface area (TPSA) is 38.9 Å². The van der Waals surface area contributed by atoms with Gasteiger partial charge in [0.2, 0.25) is 0 Å². The van der Waals surface area contributed by atoms with Gasteiger partial charge in [-0.05, 0) is 40.8 Å². The molecule has 0 N–H and O–H groups in total. The number of nitrogens with zero attached hydrogens (tertiary/aromatic N) is 2. The molecule has 0 aliphatic carbocycles. The van der Waals surface area contributed by atoms with Gasteiger partial charge in [0.05, 0.1) is 13.7 Å². The Kier molecular flexibility index (Phi) is 13.0. The molecule has 0 atom stereocenters. The van der Waals surface area contributed by atoms with Crippen LogP contribution in [0.3, 0.4) is 0 Å². The zero-order valence-corrected chi connectivity index (χ0v) is 41.0. The van der Waals surface area contributed by atoms with Crippen molar-refractivity contribution in [3.8, 4) is 44.8 Å². The maximum atomic E-state index is 6.45. The van der Waals surface area contributed by atoms with Crippen molar-refractivity contribution in [2.45, 2.75) is 71.0 Å². The summed E-state index contributed by atoms with van der Waals surface area (Å²) in [4.78, 5) is 9.39. The van der Waals surface area contributed by atoms with Gasteiger partial charge in [0.15, 0.2) is 0 Å². The molecule has 3 heterocycles. The van der Waals surface area contributed by atoms with Gasteiger partial charge in [-0.15, -0.1) is 18.2 Å². The predicted octanol–water partition coefficient (Wildman–Crippen LogP) is 13.3. The zero-order valence-electron chi connectivity index (χ0n) is 35.5. The molecular formula is C52H54GeIrN2OSi-2. The summed E-state index contributed by atoms with van der Waals surface area (Å²) in [5.74, 6) is 7.23. The molecule has 0 bridgehead atoms. The third-order valence-corrected chi connectivity index (χ3v) is 17.0. The molecule has 6 heteroatoms. The molecular weight excluding hydrogens is 961 g/mol. The summed E-state index contributed by atoms with van der Waals surface area (Å²) < 4.78 is 7.93. The number of fused-ring (bicyclic) bond motifs is 3. The van der Waals surface area contributed by atoms with E-state index in [4.69, 9.17) is 9.40 Å². The fraction of sp³-hybridized carbons (Fsp3) is 0.231. The molecule has 0 saturated carbocycles. The Morgan fingerprint density at radius 2 is 1.34 bits per heavy atom. The van der Waals surface area contributed by atoms with Crippen LogP contribution < -0.4 is 9.58 Å². The number of furan rings is 1. The van der Waals surface area contributed by atoms with Crippen LogP contribution in [0.2, 0.25) is 36.9 Å². The molecule has 5 aromatic carbocycles. The number of benzene rings is 5. The van der Waals surface area contributed by atoms with Crippen LogP contribution in [0, 0.1) is 24.5 Å². The van der Waals surface area contributed by atoms with Crippen LogP contribution in [0.5, 0.6) is 0 Å². The fourth-order valence-electron chi connectivity index (χ4n) is 7.52. The van der Waals surface area contributed by atoms with Crippen LogP contribution in [-0.4, -0.2) is 31.3 Å². The molecule has 0 aliphatic rings. The van der Waals surface area contributed by atoms with E-state index in [0.29, 0.717) is 0 Å². The Balaban J connectivity index is 0.000000207. The maximum absolute atomic E-state index is 6.45. The van der Waals surface area contributed by atoms with Crippen LogP contribution in [0.15, 0.2) is 138 Å². The smallest absolute Gasteiger partial charge is 0 e. The van der Waals surface area contributed by atoms with Crippen LogP contribution in [-0.2, 0) is 26.5 Å². The van der Waals surface area contributed by atoms with Gasteiger partial charge in [0.1, 0.15) is 5.58 Å². The summed E-state index contributed by atoms with van der Waals surface area (Å²) in [6.45, 7) is 16.1. The molecule has 0 amide bonds. The largest absolute Gasteiger partial charge is 0 e. The second kappa shape index (κ2) is 17.5. The average Bonchev–Trinajstić information content (AvgIpc) is 3.55. The summed E-state index contributed by atoms with van der Waals surface area (Å²) >= 11 is -1.85. The van der Waals surface area contributed by atoms with E-state index < -0.39 is 21.3 Å². The maximum Gasteiger partial charge on any atom is 0 e. The summed E-state index contributed by atoms with van der Waals surface area (Å²) in [5.41, 5.74) is 13.3. The van der Waals surface area contributed by atoms with Crippen molar-refractivity contribution in [2.75, 3.05) is 0 Å². The van der Waals surface area contributed by atoms with Gasteiger partial charge >= 0.3 is 142 Å². The van der Waals surface area contributed by atoms with Crippen molar-refractivity contribution in [3.63, 3.8) is 0 Å². The van der Waals surface area contributed by atoms with Crippen molar-refractivity contribution >= 4 is 52.9 Å². The zero-order chi connectivity index (χ0) is 40.5. The molecule has 3 aromatic heterocycles. The summed E-state index contributed by atoms with van der Waals surface area (Å²) in [6, 6.07) is 49.6. The van der Waals surface area contributed by atoms with Gasteiger partial charge in [-0.25, -0.2) is 0 Å². The van der Waals surface area contributed by atoms with E-state index in [-0.39, 0.29) is 25.5 Å². The first kappa shape index (κ1) is 43.2. The third-order valence-electron chi connectivity index (χ3n) is 10.4. The molecule has 0 saturated heterocycles. The second-order valence-corrected chi connectivity index (χ2v) is 34.2. The molecule has 0 spiro atoms. The van der Waals surface area contributed by atoms with E-state index in [2.05, 4.69) is 191 Å². The summed E-state index contributed by atoms with van der Waals surface area (Å²) in [7, 11) is -1.31. The van der Waals surface area contributed by atoms with Crippen molar-refractivity contribution < 1.29 is 24.5 Å². The Morgan fingerprint density at radius 3 is 2.02 bits per heavy atom. The number of hydrogen-bond acceptors (Lipinski definition) is 3. The van der Waals surface area contributed by atoms with Gasteiger partial charge in [-0.1, -0.05) is 105 Å². The molecule has 8 aromatic rings. The van der Waals surface area contributed by atoms with Gasteiger partial charge in [-0.3, -0.25) is 0 Å². The molecule has 0 aliphatic heterocycles. The quantitative estimate of drug-likeness (QED) is 0.118. The van der Waals surface area contributed by atoms with Gasteiger partial charge < -0.3 is 9.40 Å². The molecule has 0 fully saturated rings. The number of aromatic nitrogens is 2. The Hall–Kier alpha value is -4.39. The van der Waals surface area contributed by atoms with Crippen molar-refractivity contribution in [1.82, 2.24) is 9.97 Å². The number of aryl methyl sites for hydroxylation is 1. The van der Waals surface area contributed by atoms with E-state index in [0.717, 1.165) is 50.9 Å². The van der Waals surface area contributed by atoms with Crippen LogP contribution in [0.4, 0.5) is 0 Å². The monoisotopic (exact) mass is 1020 g/mol. The standard InChI is InChI=1S/C31H32NOSi.C21H22GeN.Ir/c1-31(2,3)20-21-16-17-32-28(18-21)27-9-7-8-26-25-15-12-23(19-29(25)33-30(26)27)22-10-13-24(14-11-22)34(4,5)6;1-16-13-21(23-15-20(16)22(2,3)4)19-12-8-11-18(14-19)17-9-6-5-7-10-17;/h7-8,10-19H,20H2,1-6H3;5-11,13-15H,1-4H3;/q2*-1;. The van der Waals surface area contributed by atoms with E-state index >= 15 is 0 Å². The van der Waals surface area contributed by atoms with Crippen molar-refractivity contribution in [1.29, 1.82) is 0 Å². The normalized spacial score (nSPS) is 11.9. The first-order valence-electron chi connectivity index (χ1n) is 20.0. The van der Waals surface area contributed by atoms with Crippen LogP contribution in [0.1, 0.15) is 31.9 Å². The minimum Gasteiger partial charge on any atom is 0 e. The van der Waals surface area contributed by atoms with Crippen molar-refractivity contribution in [2.24, 2.45) is 5.41 Å². The second-order valence-electron chi connectivity index (χ2n) is 18.5. The van der Waals surface area contributed by atoms with E-state index in [9.17, 15) is 0 Å². The Bertz CT molecular complexity index is 2670. The molecule has 3 nitrogen and oxygen atoms in total. The first-order valence-corrected chi connectivity index (χ1v) is 30.9. The van der Waals surface area contributed by atoms with Crippen molar-refractivity contribution in [3.05, 3.63) is 157 Å². The SMILES string of the molecule is CC(C)(C)Cc1ccnc(-c2[c-]ccc3c2oc2cc(-c4ccc([Si](C)(C)C)cc4)ccc23)c1.Cc1cc(-c2[c-]ccc(-c3ccccc3)c2)nc[c]1[Ge]([CH3])([CH3])[CH3].[Ir]. The van der Waals surface area contributed by atoms with E-state index in [1.165, 1.54) is 43.0 Å². The predicted molar refractivity (Wildman–Crippen MR) is 249 cm³/mol. The minimum atomic E-state index is -1.85. The average molecular weight is 1020 g/mol. The molecule has 1 radical (unpaired) electrons. The Labute approximate surface area is 363 Å². The fourth-order valence-corrected chi connectivity index (χ4v) is 12.3. The van der Waals surface area contributed by atoms with Crippen LogP contribution in [0.25, 0.3) is 66.7 Å². The minimum absolute atomic E-state index is 0. The summed E-state index contributed by atoms with van der Waals surface area (Å²) in [5, 5.41) is 3.70. The molecule has 0 unspecified atom stereocenters. The molecule has 8 rings (SSSR count). The molecule has 297 valence electrons. The summed E-state index contributed by atoms with van der Waals surface area (Å²) in [6.07, 6.45) is 4.99. The van der Waals surface area contributed by atoms with E-state index in [1.807, 2.05) is 24.4 Å². The number of hydrogen-bond donors (Lipinski definition) is 0. The molecule has 58 heavy (non-hydrogen) atoms. The number of pyridine rings is 2. The first-order chi connectivity index (χ1) is 27.0. The number of rotatable bonds is 7. The van der Waals surface area contributed by atoms with Crippen LogP contribution >= 0.6 is 0 Å². The van der Waals surface area contributed by atoms with Gasteiger partial charge in [0.25, 0.3) is 0 Å². The van der Waals surface area contributed by atoms with E-state index in [1.54, 1.807) is 0 Å². The third kappa shape index (κ3) is 10.1.